The summed E-state index contributed by atoms with van der Waals surface area (Å²) in [5.74, 6) is -3.05. The standard InChI is InChI=1S/C20H30Cl6NO11P/c1-17(2)36-13-12(37-18(8-27(3)4,15(28)30-5)16(29)31-6)11(35-14(13)38-17)7-32-39(33-9-19(21,22)23)34-10-20(24,25)26/h11-14H,7-10H2,1-6H3/t11-,12-,13+,14+/m1/s1. The third-order valence-electron chi connectivity index (χ3n) is 5.01. The molecular formula is C20H30Cl6NO11P. The van der Waals surface area contributed by atoms with Gasteiger partial charge in [-0.1, -0.05) is 69.6 Å². The van der Waals surface area contributed by atoms with Gasteiger partial charge in [0.15, 0.2) is 12.1 Å². The van der Waals surface area contributed by atoms with Crippen LogP contribution in [0.2, 0.25) is 0 Å². The first-order valence-corrected chi connectivity index (χ1v) is 14.5. The first-order valence-electron chi connectivity index (χ1n) is 11.2. The van der Waals surface area contributed by atoms with E-state index in [0.29, 0.717) is 0 Å². The maximum Gasteiger partial charge on any atom is 0.351 e. The zero-order chi connectivity index (χ0) is 29.8. The van der Waals surface area contributed by atoms with Crippen LogP contribution in [0.4, 0.5) is 0 Å². The van der Waals surface area contributed by atoms with E-state index in [1.807, 2.05) is 0 Å². The first-order chi connectivity index (χ1) is 17.8. The molecule has 0 aliphatic carbocycles. The lowest BCUT2D eigenvalue weighted by Gasteiger charge is -2.36. The van der Waals surface area contributed by atoms with Crippen LogP contribution in [0.5, 0.6) is 0 Å². The monoisotopic (exact) mass is 701 g/mol. The second-order valence-corrected chi connectivity index (χ2v) is 15.3. The van der Waals surface area contributed by atoms with Gasteiger partial charge in [0.05, 0.1) is 20.8 Å². The van der Waals surface area contributed by atoms with E-state index < -0.39 is 77.3 Å². The molecule has 0 radical (unpaired) electrons. The van der Waals surface area contributed by atoms with E-state index in [1.165, 1.54) is 0 Å². The van der Waals surface area contributed by atoms with Crippen LogP contribution in [0.3, 0.4) is 0 Å². The summed E-state index contributed by atoms with van der Waals surface area (Å²) in [6.45, 7) is 1.96. The summed E-state index contributed by atoms with van der Waals surface area (Å²) in [5.41, 5.74) is -2.22. The molecule has 0 amide bonds. The fraction of sp³-hybridized carbons (Fsp3) is 0.900. The van der Waals surface area contributed by atoms with E-state index in [0.717, 1.165) is 14.2 Å². The molecule has 4 atom stereocenters. The van der Waals surface area contributed by atoms with E-state index in [9.17, 15) is 9.59 Å². The molecule has 0 bridgehead atoms. The smallest absolute Gasteiger partial charge is 0.351 e. The van der Waals surface area contributed by atoms with Crippen molar-refractivity contribution in [3.05, 3.63) is 0 Å². The number of nitrogens with zero attached hydrogens (tertiary/aromatic N) is 1. The molecule has 0 unspecified atom stereocenters. The van der Waals surface area contributed by atoms with Crippen molar-refractivity contribution >= 4 is 90.1 Å². The Morgan fingerprint density at radius 1 is 0.897 bits per heavy atom. The van der Waals surface area contributed by atoms with E-state index in [4.69, 9.17) is 112 Å². The number of likely N-dealkylation sites (N-methyl/N-ethyl adjacent to an activating group) is 1. The van der Waals surface area contributed by atoms with Crippen molar-refractivity contribution < 1.29 is 51.6 Å². The van der Waals surface area contributed by atoms with Gasteiger partial charge in [-0.3, -0.25) is 0 Å². The zero-order valence-corrected chi connectivity index (χ0v) is 27.2. The number of hydrogen-bond acceptors (Lipinski definition) is 12. The quantitative estimate of drug-likeness (QED) is 0.120. The van der Waals surface area contributed by atoms with Gasteiger partial charge in [0.1, 0.15) is 31.5 Å². The maximum atomic E-state index is 13.0. The van der Waals surface area contributed by atoms with Gasteiger partial charge in [0, 0.05) is 6.54 Å². The Bertz CT molecular complexity index is 810. The molecule has 0 N–H and O–H groups in total. The fourth-order valence-corrected chi connectivity index (χ4v) is 5.55. The largest absolute Gasteiger partial charge is 0.466 e. The molecule has 0 aromatic heterocycles. The van der Waals surface area contributed by atoms with Crippen molar-refractivity contribution in [1.29, 1.82) is 0 Å². The molecule has 2 fully saturated rings. The lowest BCUT2D eigenvalue weighted by atomic mass is 10.0. The summed E-state index contributed by atoms with van der Waals surface area (Å²) in [6, 6.07) is 0. The number of ether oxygens (including phenoxy) is 6. The van der Waals surface area contributed by atoms with Crippen molar-refractivity contribution in [2.45, 2.75) is 57.4 Å². The highest BCUT2D eigenvalue weighted by molar-refractivity contribution is 7.41. The average molecular weight is 704 g/mol. The van der Waals surface area contributed by atoms with Gasteiger partial charge in [0.2, 0.25) is 7.59 Å². The van der Waals surface area contributed by atoms with Crippen LogP contribution in [0.15, 0.2) is 0 Å². The number of esters is 2. The molecule has 39 heavy (non-hydrogen) atoms. The van der Waals surface area contributed by atoms with Crippen molar-refractivity contribution in [2.24, 2.45) is 0 Å². The van der Waals surface area contributed by atoms with Gasteiger partial charge >= 0.3 is 20.5 Å². The molecule has 2 saturated heterocycles. The van der Waals surface area contributed by atoms with Crippen LogP contribution in [-0.4, -0.2) is 115 Å². The van der Waals surface area contributed by atoms with E-state index in [2.05, 4.69) is 0 Å². The Balaban J connectivity index is 2.34. The summed E-state index contributed by atoms with van der Waals surface area (Å²) in [6.07, 6.45) is -3.95. The molecule has 12 nitrogen and oxygen atoms in total. The summed E-state index contributed by atoms with van der Waals surface area (Å²) in [5, 5.41) is 0. The predicted molar refractivity (Wildman–Crippen MR) is 144 cm³/mol. The van der Waals surface area contributed by atoms with Gasteiger partial charge in [0.25, 0.3) is 5.60 Å². The Morgan fingerprint density at radius 2 is 1.41 bits per heavy atom. The molecule has 2 aliphatic rings. The SMILES string of the molecule is COC(=O)C(CN(C)C)(O[C@H]1[C@@H]2OC(C)(C)O[C@@H]2O[C@@H]1COP(OCC(Cl)(Cl)Cl)OCC(Cl)(Cl)Cl)C(=O)OC. The van der Waals surface area contributed by atoms with Crippen molar-refractivity contribution in [3.8, 4) is 0 Å². The molecule has 19 heteroatoms. The minimum Gasteiger partial charge on any atom is -0.466 e. The summed E-state index contributed by atoms with van der Waals surface area (Å²) in [7, 11) is 3.24. The highest BCUT2D eigenvalue weighted by atomic mass is 35.6. The summed E-state index contributed by atoms with van der Waals surface area (Å²) in [4.78, 5) is 27.5. The maximum absolute atomic E-state index is 13.0. The fourth-order valence-electron chi connectivity index (χ4n) is 3.67. The topological polar surface area (TPSA) is 120 Å². The molecular weight excluding hydrogens is 674 g/mol. The van der Waals surface area contributed by atoms with Crippen LogP contribution in [-0.2, 0) is 51.6 Å². The minimum absolute atomic E-state index is 0.233. The lowest BCUT2D eigenvalue weighted by molar-refractivity contribution is -0.237. The summed E-state index contributed by atoms with van der Waals surface area (Å²) < 4.78 is 46.8. The minimum atomic E-state index is -2.25. The van der Waals surface area contributed by atoms with E-state index in [1.54, 1.807) is 32.8 Å². The third-order valence-corrected chi connectivity index (χ3v) is 6.70. The molecule has 0 spiro atoms. The van der Waals surface area contributed by atoms with Crippen LogP contribution in [0.1, 0.15) is 13.8 Å². The van der Waals surface area contributed by atoms with E-state index >= 15 is 0 Å². The van der Waals surface area contributed by atoms with Crippen LogP contribution in [0, 0.1) is 0 Å². The third kappa shape index (κ3) is 10.8. The number of methoxy groups -OCH3 is 2. The normalized spacial score (nSPS) is 25.3. The lowest BCUT2D eigenvalue weighted by Crippen LogP contribution is -2.60. The number of halogens is 6. The molecule has 228 valence electrons. The highest BCUT2D eigenvalue weighted by Gasteiger charge is 2.61. The predicted octanol–water partition coefficient (Wildman–Crippen LogP) is 3.91. The van der Waals surface area contributed by atoms with Gasteiger partial charge in [-0.25, -0.2) is 9.59 Å². The second kappa shape index (κ2) is 14.5. The number of hydrogen-bond donors (Lipinski definition) is 0. The van der Waals surface area contributed by atoms with Gasteiger partial charge in [-0.05, 0) is 27.9 Å². The molecule has 2 aliphatic heterocycles. The summed E-state index contributed by atoms with van der Waals surface area (Å²) >= 11 is 34.6. The molecule has 0 saturated carbocycles. The number of rotatable bonds is 13. The number of fused-ring (bicyclic) bond motifs is 1. The van der Waals surface area contributed by atoms with Crippen molar-refractivity contribution in [1.82, 2.24) is 4.90 Å². The Labute approximate surface area is 257 Å². The van der Waals surface area contributed by atoms with E-state index in [-0.39, 0.29) is 13.2 Å². The molecule has 0 aromatic carbocycles. The van der Waals surface area contributed by atoms with Crippen molar-refractivity contribution in [3.63, 3.8) is 0 Å². The van der Waals surface area contributed by atoms with Gasteiger partial charge in [-0.2, -0.15) is 0 Å². The Morgan fingerprint density at radius 3 is 1.85 bits per heavy atom. The number of carbonyl (C=O) groups is 2. The number of alkyl halides is 6. The van der Waals surface area contributed by atoms with Gasteiger partial charge < -0.3 is 46.9 Å². The first kappa shape index (κ1) is 36.0. The second-order valence-electron chi connectivity index (χ2n) is 9.07. The molecule has 2 rings (SSSR count). The van der Waals surface area contributed by atoms with Crippen LogP contribution < -0.4 is 0 Å². The Hall–Kier alpha value is 0.790. The van der Waals surface area contributed by atoms with Crippen LogP contribution >= 0.6 is 78.2 Å². The highest BCUT2D eigenvalue weighted by Crippen LogP contribution is 2.47. The van der Waals surface area contributed by atoms with Gasteiger partial charge in [-0.15, -0.1) is 0 Å². The zero-order valence-electron chi connectivity index (χ0n) is 21.8. The molecule has 0 aromatic rings. The van der Waals surface area contributed by atoms with Crippen LogP contribution in [0.25, 0.3) is 0 Å². The number of carbonyl (C=O) groups excluding carboxylic acids is 2. The Kier molecular flexibility index (Phi) is 13.4. The molecule has 2 heterocycles. The average Bonchev–Trinajstić information content (AvgIpc) is 3.26. The van der Waals surface area contributed by atoms with Crippen molar-refractivity contribution in [2.75, 3.05) is 54.7 Å².